The Kier molecular flexibility index (Phi) is 36.8. The summed E-state index contributed by atoms with van der Waals surface area (Å²) in [6.07, 6.45) is -4.58. The first-order chi connectivity index (χ1) is 51.8. The fourth-order valence-electron chi connectivity index (χ4n) is 10.7. The van der Waals surface area contributed by atoms with Crippen LogP contribution in [-0.2, 0) is 97.6 Å². The zero-order valence-corrected chi connectivity index (χ0v) is 61.4. The Bertz CT molecular complexity index is 3790. The van der Waals surface area contributed by atoms with Gasteiger partial charge in [0, 0.05) is 50.4 Å². The molecule has 39 heteroatoms. The number of carbonyl (C=O) groups excluding carboxylic acids is 12. The van der Waals surface area contributed by atoms with E-state index in [-0.39, 0.29) is 49.3 Å². The highest BCUT2D eigenvalue weighted by atomic mass is 16.4. The average Bonchev–Trinajstić information content (AvgIpc) is 0.918. The van der Waals surface area contributed by atoms with Gasteiger partial charge >= 0.3 is 17.9 Å². The van der Waals surface area contributed by atoms with Crippen LogP contribution in [0, 0.1) is 11.8 Å². The summed E-state index contributed by atoms with van der Waals surface area (Å²) in [6, 6.07) is -2.96. The van der Waals surface area contributed by atoms with E-state index < -0.39 is 230 Å². The molecule has 12 amide bonds. The summed E-state index contributed by atoms with van der Waals surface area (Å²) in [5.41, 5.74) is 7.21. The van der Waals surface area contributed by atoms with Crippen molar-refractivity contribution < 1.29 is 118 Å². The number of H-pyrrole nitrogens is 1. The molecule has 0 radical (unpaired) electrons. The number of aliphatic carboxylic acids is 3. The molecule has 39 nitrogen and oxygen atoms in total. The Labute approximate surface area is 631 Å². The van der Waals surface area contributed by atoms with Crippen molar-refractivity contribution in [2.45, 2.75) is 197 Å². The number of imidazole rings is 1. The number of nitrogens with two attached hydrogens (primary N) is 1. The third-order valence-corrected chi connectivity index (χ3v) is 16.9. The number of carboxylic acid groups (broad SMARTS) is 3. The van der Waals surface area contributed by atoms with Gasteiger partial charge in [-0.15, -0.1) is 0 Å². The topological polar surface area (TPSA) is 637 Å². The monoisotopic (exact) mass is 1550 g/mol. The molecule has 110 heavy (non-hydrogen) atoms. The highest BCUT2D eigenvalue weighted by molar-refractivity contribution is 6.00. The van der Waals surface area contributed by atoms with Gasteiger partial charge in [-0.3, -0.25) is 67.1 Å². The van der Waals surface area contributed by atoms with Crippen LogP contribution in [0.1, 0.15) is 103 Å². The number of benzene rings is 3. The molecule has 0 unspecified atom stereocenters. The van der Waals surface area contributed by atoms with Crippen molar-refractivity contribution in [3.63, 3.8) is 0 Å². The molecule has 0 aliphatic carbocycles. The van der Waals surface area contributed by atoms with Gasteiger partial charge in [-0.1, -0.05) is 82.3 Å². The molecule has 0 saturated heterocycles. The van der Waals surface area contributed by atoms with Crippen LogP contribution in [0.25, 0.3) is 0 Å². The molecule has 0 bridgehead atoms. The van der Waals surface area contributed by atoms with E-state index in [1.54, 1.807) is 44.2 Å². The zero-order valence-electron chi connectivity index (χ0n) is 61.4. The number of carboxylic acids is 3. The summed E-state index contributed by atoms with van der Waals surface area (Å²) in [4.78, 5) is 210. The van der Waals surface area contributed by atoms with E-state index in [4.69, 9.17) is 10.8 Å². The Morgan fingerprint density at radius 2 is 0.764 bits per heavy atom. The molecule has 0 spiro atoms. The van der Waals surface area contributed by atoms with Crippen LogP contribution in [0.5, 0.6) is 11.5 Å². The number of aliphatic hydroxyl groups excluding tert-OH is 4. The average molecular weight is 1550 g/mol. The molecule has 602 valence electrons. The number of aliphatic hydroxyl groups is 4. The number of nitrogens with zero attached hydrogens (tertiary/aromatic N) is 1. The van der Waals surface area contributed by atoms with Gasteiger partial charge in [0.25, 0.3) is 0 Å². The highest BCUT2D eigenvalue weighted by Gasteiger charge is 2.39. The third kappa shape index (κ3) is 30.5. The molecule has 4 rings (SSSR count). The summed E-state index contributed by atoms with van der Waals surface area (Å²) in [5, 5.41) is 119. The van der Waals surface area contributed by atoms with Crippen LogP contribution >= 0.6 is 0 Å². The van der Waals surface area contributed by atoms with E-state index in [0.29, 0.717) is 16.7 Å². The van der Waals surface area contributed by atoms with Crippen LogP contribution in [0.3, 0.4) is 0 Å². The molecule has 1 heterocycles. The van der Waals surface area contributed by atoms with Crippen molar-refractivity contribution in [3.05, 3.63) is 114 Å². The van der Waals surface area contributed by atoms with Gasteiger partial charge < -0.3 is 120 Å². The summed E-state index contributed by atoms with van der Waals surface area (Å²) >= 11 is 0. The molecule has 15 atom stereocenters. The van der Waals surface area contributed by atoms with Gasteiger partial charge in [-0.05, 0) is 92.8 Å². The number of nitrogens with one attached hydrogen (secondary N) is 13. The van der Waals surface area contributed by atoms with E-state index in [9.17, 15) is 113 Å². The molecule has 0 saturated carbocycles. The van der Waals surface area contributed by atoms with Gasteiger partial charge in [0.1, 0.15) is 84.0 Å². The van der Waals surface area contributed by atoms with Crippen LogP contribution in [0.2, 0.25) is 0 Å². The fourth-order valence-corrected chi connectivity index (χ4v) is 10.7. The van der Waals surface area contributed by atoms with Crippen molar-refractivity contribution in [3.8, 4) is 11.5 Å². The molecule has 4 aromatic rings. The Morgan fingerprint density at radius 3 is 1.20 bits per heavy atom. The van der Waals surface area contributed by atoms with E-state index in [0.717, 1.165) is 20.8 Å². The lowest BCUT2D eigenvalue weighted by Gasteiger charge is -2.30. The van der Waals surface area contributed by atoms with Crippen molar-refractivity contribution in [1.29, 1.82) is 0 Å². The van der Waals surface area contributed by atoms with E-state index >= 15 is 0 Å². The number of aromatic hydroxyl groups is 2. The van der Waals surface area contributed by atoms with E-state index in [1.165, 1.54) is 74.9 Å². The van der Waals surface area contributed by atoms with Crippen molar-refractivity contribution in [1.82, 2.24) is 73.8 Å². The standard InChI is InChI=1S/C71H99N15O24/c1-34(2)25-47(66(104)86-58(38(7)90)70(108)84-56(35(3)4)68(106)82-52(31-87)67(105)79-49(26-39-11-9-8-10-12-39)63(101)78-50(28-41-15-19-44(92)20-16-41)64(102)83-53(32-88)71(109)110)77-65(103)51(29-42-30-73-33-74-42)80-61(99)46(22-24-55(95)96)76-59(97)36(5)75-62(100)48(27-40-13-17-43(91)18-14-40)81-69(107)57(37(6)89)85-60(98)45(72)21-23-54(93)94/h8-20,30,33-38,45-53,56-58,87-92H,21-29,31-32,72H2,1-7H3,(H,73,74)(H,75,100)(H,76,97)(H,77,103)(H,78,101)(H,79,105)(H,80,99)(H,81,107)(H,82,106)(H,83,102)(H,84,108)(H,85,98)(H,86,104)(H,93,94)(H,95,96)(H,109,110)/t36-,37+,38+,45-,46-,47-,48-,49-,50-,51-,52-,53-,56-,57-,58-/m0/s1. The van der Waals surface area contributed by atoms with Gasteiger partial charge in [-0.25, -0.2) is 9.78 Å². The number of phenols is 2. The summed E-state index contributed by atoms with van der Waals surface area (Å²) in [7, 11) is 0. The minimum atomic E-state index is -1.91. The first kappa shape index (κ1) is 90.7. The van der Waals surface area contributed by atoms with Crippen LogP contribution in [0.4, 0.5) is 0 Å². The Morgan fingerprint density at radius 1 is 0.400 bits per heavy atom. The molecule has 0 aliphatic heterocycles. The lowest BCUT2D eigenvalue weighted by Crippen LogP contribution is -2.63. The number of aromatic amines is 1. The van der Waals surface area contributed by atoms with Crippen molar-refractivity contribution in [2.75, 3.05) is 13.2 Å². The molecule has 0 aliphatic rings. The van der Waals surface area contributed by atoms with Crippen LogP contribution in [-0.4, -0.2) is 249 Å². The Hall–Kier alpha value is -11.7. The molecule has 3 aromatic carbocycles. The second-order valence-electron chi connectivity index (χ2n) is 26.9. The summed E-state index contributed by atoms with van der Waals surface area (Å²) in [6.45, 7) is 7.51. The minimum absolute atomic E-state index is 0.136. The maximum Gasteiger partial charge on any atom is 0.328 e. The van der Waals surface area contributed by atoms with Crippen LogP contribution in [0.15, 0.2) is 91.4 Å². The quantitative estimate of drug-likeness (QED) is 0.0196. The summed E-state index contributed by atoms with van der Waals surface area (Å²) < 4.78 is 0. The summed E-state index contributed by atoms with van der Waals surface area (Å²) in [5.74, 6) is -19.1. The van der Waals surface area contributed by atoms with E-state index in [1.807, 2.05) is 0 Å². The first-order valence-electron chi connectivity index (χ1n) is 35.0. The lowest BCUT2D eigenvalue weighted by atomic mass is 10.00. The number of aromatic nitrogens is 2. The SMILES string of the molecule is CC(C)C[C@H](NC(=O)[C@H](Cc1cnc[nH]1)NC(=O)[C@H](CCC(=O)O)NC(=O)[C@H](C)NC(=O)[C@H](Cc1ccc(O)cc1)NC(=O)[C@@H](NC(=O)[C@@H](N)CCC(=O)O)[C@@H](C)O)C(=O)N[C@H](C(=O)N[C@H](C(=O)N[C@@H](CO)C(=O)N[C@@H](Cc1ccccc1)C(=O)N[C@@H](Cc1ccc(O)cc1)C(=O)N[C@@H](CO)C(=O)O)C(C)C)[C@@H](C)O. The van der Waals surface area contributed by atoms with Crippen LogP contribution < -0.4 is 69.5 Å². The van der Waals surface area contributed by atoms with Crippen molar-refractivity contribution >= 4 is 88.8 Å². The molecular weight excluding hydrogens is 1450 g/mol. The highest BCUT2D eigenvalue weighted by Crippen LogP contribution is 2.17. The molecule has 0 fully saturated rings. The maximum atomic E-state index is 14.6. The second kappa shape index (κ2) is 44.6. The molecule has 1 aromatic heterocycles. The number of amides is 12. The van der Waals surface area contributed by atoms with Gasteiger partial charge in [0.15, 0.2) is 0 Å². The van der Waals surface area contributed by atoms with Gasteiger partial charge in [0.05, 0.1) is 37.8 Å². The molecule has 24 N–H and O–H groups in total. The predicted octanol–water partition coefficient (Wildman–Crippen LogP) is -5.48. The fraction of sp³-hybridized carbons (Fsp3) is 0.493. The largest absolute Gasteiger partial charge is 0.508 e. The maximum absolute atomic E-state index is 14.6. The Balaban J connectivity index is 1.55. The van der Waals surface area contributed by atoms with Gasteiger partial charge in [0.2, 0.25) is 70.9 Å². The van der Waals surface area contributed by atoms with Gasteiger partial charge in [-0.2, -0.15) is 0 Å². The zero-order chi connectivity index (χ0) is 82.2. The second-order valence-corrected chi connectivity index (χ2v) is 26.9. The smallest absolute Gasteiger partial charge is 0.328 e. The lowest BCUT2D eigenvalue weighted by molar-refractivity contribution is -0.143. The number of hydrogen-bond donors (Lipinski definition) is 23. The number of phenolic OH excluding ortho intramolecular Hbond substituents is 2. The minimum Gasteiger partial charge on any atom is -0.508 e. The number of rotatable bonds is 46. The normalized spacial score (nSPS) is 15.3. The van der Waals surface area contributed by atoms with E-state index in [2.05, 4.69) is 73.8 Å². The number of carbonyl (C=O) groups is 15. The molecular formula is C71H99N15O24. The third-order valence-electron chi connectivity index (χ3n) is 16.9. The predicted molar refractivity (Wildman–Crippen MR) is 386 cm³/mol. The van der Waals surface area contributed by atoms with Crippen molar-refractivity contribution in [2.24, 2.45) is 17.6 Å². The number of hydrogen-bond acceptors (Lipinski definition) is 23. The first-order valence-corrected chi connectivity index (χ1v) is 35.0.